The van der Waals surface area contributed by atoms with Crippen LogP contribution in [-0.4, -0.2) is 4.92 Å². The van der Waals surface area contributed by atoms with Crippen LogP contribution >= 0.6 is 27.3 Å². The Kier molecular flexibility index (Phi) is 4.68. The van der Waals surface area contributed by atoms with Crippen LogP contribution in [0.1, 0.15) is 23.4 Å². The molecule has 1 heterocycles. The van der Waals surface area contributed by atoms with E-state index in [1.165, 1.54) is 10.9 Å². The highest BCUT2D eigenvalue weighted by Gasteiger charge is 2.15. The first kappa shape index (κ1) is 14.2. The van der Waals surface area contributed by atoms with E-state index in [4.69, 9.17) is 0 Å². The van der Waals surface area contributed by atoms with Crippen molar-refractivity contribution in [1.29, 1.82) is 0 Å². The molecular formula is C13H13BrN2O2S. The maximum Gasteiger partial charge on any atom is 0.273 e. The lowest BCUT2D eigenvalue weighted by Gasteiger charge is -2.13. The maximum absolute atomic E-state index is 10.9. The van der Waals surface area contributed by atoms with Crippen LogP contribution in [0.4, 0.5) is 5.69 Å². The lowest BCUT2D eigenvalue weighted by Crippen LogP contribution is -2.18. The molecule has 19 heavy (non-hydrogen) atoms. The number of nitrogens with zero attached hydrogens (tertiary/aromatic N) is 1. The molecule has 0 aliphatic heterocycles. The lowest BCUT2D eigenvalue weighted by atomic mass is 10.1. The van der Waals surface area contributed by atoms with Gasteiger partial charge in [-0.2, -0.15) is 0 Å². The van der Waals surface area contributed by atoms with E-state index < -0.39 is 0 Å². The number of benzene rings is 1. The Balaban J connectivity index is 2.07. The first-order chi connectivity index (χ1) is 9.09. The Morgan fingerprint density at radius 1 is 1.42 bits per heavy atom. The van der Waals surface area contributed by atoms with Gasteiger partial charge in [0.2, 0.25) is 0 Å². The van der Waals surface area contributed by atoms with Gasteiger partial charge < -0.3 is 5.32 Å². The van der Waals surface area contributed by atoms with Gasteiger partial charge in [0.05, 0.1) is 4.92 Å². The van der Waals surface area contributed by atoms with E-state index in [1.807, 2.05) is 24.4 Å². The second-order valence-electron chi connectivity index (χ2n) is 4.12. The molecule has 1 unspecified atom stereocenters. The van der Waals surface area contributed by atoms with Crippen LogP contribution in [0.2, 0.25) is 0 Å². The Labute approximate surface area is 123 Å². The van der Waals surface area contributed by atoms with Crippen molar-refractivity contribution < 1.29 is 4.92 Å². The van der Waals surface area contributed by atoms with Gasteiger partial charge in [-0.15, -0.1) is 11.3 Å². The molecule has 1 atom stereocenters. The summed E-state index contributed by atoms with van der Waals surface area (Å²) in [5.41, 5.74) is 0.861. The fourth-order valence-corrected chi connectivity index (χ4v) is 3.56. The zero-order valence-corrected chi connectivity index (χ0v) is 12.7. The van der Waals surface area contributed by atoms with Gasteiger partial charge in [0.25, 0.3) is 5.69 Å². The summed E-state index contributed by atoms with van der Waals surface area (Å²) in [6.07, 6.45) is 0. The highest BCUT2D eigenvalue weighted by atomic mass is 79.9. The number of hydrogen-bond acceptors (Lipinski definition) is 4. The molecule has 1 aromatic carbocycles. The largest absolute Gasteiger partial charge is 0.305 e. The first-order valence-electron chi connectivity index (χ1n) is 5.78. The van der Waals surface area contributed by atoms with E-state index >= 15 is 0 Å². The highest BCUT2D eigenvalue weighted by Crippen LogP contribution is 2.29. The predicted octanol–water partition coefficient (Wildman–Crippen LogP) is 4.27. The number of nitrogens with one attached hydrogen (secondary N) is 1. The normalized spacial score (nSPS) is 12.3. The number of thiophene rings is 1. The monoisotopic (exact) mass is 340 g/mol. The minimum absolute atomic E-state index is 0.147. The van der Waals surface area contributed by atoms with Crippen molar-refractivity contribution in [2.45, 2.75) is 19.5 Å². The third-order valence-electron chi connectivity index (χ3n) is 2.83. The molecule has 0 aliphatic carbocycles. The summed E-state index contributed by atoms with van der Waals surface area (Å²) in [7, 11) is 0. The summed E-state index contributed by atoms with van der Waals surface area (Å²) in [5.74, 6) is 0. The van der Waals surface area contributed by atoms with Crippen LogP contribution in [-0.2, 0) is 6.54 Å². The molecule has 0 spiro atoms. The predicted molar refractivity (Wildman–Crippen MR) is 80.4 cm³/mol. The van der Waals surface area contributed by atoms with E-state index in [1.54, 1.807) is 23.5 Å². The molecule has 1 N–H and O–H groups in total. The number of hydrogen-bond donors (Lipinski definition) is 1. The fraction of sp³-hybridized carbons (Fsp3) is 0.231. The van der Waals surface area contributed by atoms with Gasteiger partial charge in [-0.25, -0.2) is 0 Å². The molecule has 0 radical (unpaired) electrons. The lowest BCUT2D eigenvalue weighted by molar-refractivity contribution is -0.385. The van der Waals surface area contributed by atoms with Gasteiger partial charge >= 0.3 is 0 Å². The van der Waals surface area contributed by atoms with Gasteiger partial charge in [0, 0.05) is 33.6 Å². The summed E-state index contributed by atoms with van der Waals surface area (Å²) < 4.78 is 1.07. The Bertz CT molecular complexity index is 586. The van der Waals surface area contributed by atoms with E-state index in [0.29, 0.717) is 12.1 Å². The van der Waals surface area contributed by atoms with Crippen molar-refractivity contribution in [3.05, 3.63) is 60.7 Å². The zero-order chi connectivity index (χ0) is 13.8. The van der Waals surface area contributed by atoms with E-state index in [9.17, 15) is 10.1 Å². The van der Waals surface area contributed by atoms with E-state index in [-0.39, 0.29) is 16.7 Å². The van der Waals surface area contributed by atoms with Crippen molar-refractivity contribution >= 4 is 33.0 Å². The molecule has 0 saturated carbocycles. The molecule has 0 amide bonds. The average Bonchev–Trinajstić information content (AvgIpc) is 2.82. The Hall–Kier alpha value is -1.24. The van der Waals surface area contributed by atoms with Gasteiger partial charge in [0.1, 0.15) is 0 Å². The molecule has 100 valence electrons. The summed E-state index contributed by atoms with van der Waals surface area (Å²) in [6.45, 7) is 2.52. The van der Waals surface area contributed by atoms with Crippen molar-refractivity contribution in [3.8, 4) is 0 Å². The number of nitro benzene ring substituents is 1. The topological polar surface area (TPSA) is 55.2 Å². The quantitative estimate of drug-likeness (QED) is 0.653. The van der Waals surface area contributed by atoms with E-state index in [0.717, 1.165) is 4.47 Å². The second-order valence-corrected chi connectivity index (χ2v) is 5.92. The number of para-hydroxylation sites is 1. The molecule has 2 aromatic rings. The highest BCUT2D eigenvalue weighted by molar-refractivity contribution is 9.10. The van der Waals surface area contributed by atoms with Gasteiger partial charge in [-0.1, -0.05) is 18.2 Å². The average molecular weight is 341 g/mol. The van der Waals surface area contributed by atoms with Crippen LogP contribution in [0.25, 0.3) is 0 Å². The summed E-state index contributed by atoms with van der Waals surface area (Å²) in [4.78, 5) is 11.8. The van der Waals surface area contributed by atoms with Crippen molar-refractivity contribution in [2.24, 2.45) is 0 Å². The molecule has 0 bridgehead atoms. The fourth-order valence-electron chi connectivity index (χ4n) is 1.81. The maximum atomic E-state index is 10.9. The first-order valence-corrected chi connectivity index (χ1v) is 7.45. The molecule has 0 aliphatic rings. The Morgan fingerprint density at radius 2 is 2.16 bits per heavy atom. The van der Waals surface area contributed by atoms with Crippen LogP contribution in [0.5, 0.6) is 0 Å². The number of rotatable bonds is 5. The van der Waals surface area contributed by atoms with Crippen molar-refractivity contribution in [3.63, 3.8) is 0 Å². The molecule has 0 fully saturated rings. The minimum atomic E-state index is -0.345. The van der Waals surface area contributed by atoms with Gasteiger partial charge in [-0.05, 0) is 34.3 Å². The molecule has 1 aromatic heterocycles. The number of nitro groups is 1. The summed E-state index contributed by atoms with van der Waals surface area (Å²) >= 11 is 5.15. The molecular weight excluding hydrogens is 328 g/mol. The Morgan fingerprint density at radius 3 is 2.79 bits per heavy atom. The molecule has 2 rings (SSSR count). The van der Waals surface area contributed by atoms with Gasteiger partial charge in [-0.3, -0.25) is 10.1 Å². The van der Waals surface area contributed by atoms with Crippen molar-refractivity contribution in [1.82, 2.24) is 5.32 Å². The van der Waals surface area contributed by atoms with Gasteiger partial charge in [0.15, 0.2) is 0 Å². The number of halogens is 1. The molecule has 6 heteroatoms. The standard InChI is InChI=1S/C13H13BrN2O2S/c1-9(13-11(14)6-7-19-13)15-8-10-4-2-3-5-12(10)16(17)18/h2-7,9,15H,8H2,1H3. The molecule has 4 nitrogen and oxygen atoms in total. The zero-order valence-electron chi connectivity index (χ0n) is 10.3. The molecule has 0 saturated heterocycles. The van der Waals surface area contributed by atoms with Crippen molar-refractivity contribution in [2.75, 3.05) is 0 Å². The van der Waals surface area contributed by atoms with Crippen LogP contribution in [0.3, 0.4) is 0 Å². The third-order valence-corrected chi connectivity index (χ3v) is 4.88. The summed E-state index contributed by atoms with van der Waals surface area (Å²) in [6, 6.07) is 8.96. The summed E-state index contributed by atoms with van der Waals surface area (Å²) in [5, 5.41) is 16.3. The van der Waals surface area contributed by atoms with E-state index in [2.05, 4.69) is 21.2 Å². The van der Waals surface area contributed by atoms with Crippen LogP contribution < -0.4 is 5.32 Å². The SMILES string of the molecule is CC(NCc1ccccc1[N+](=O)[O-])c1sccc1Br. The second kappa shape index (κ2) is 6.27. The minimum Gasteiger partial charge on any atom is -0.305 e. The smallest absolute Gasteiger partial charge is 0.273 e. The van der Waals surface area contributed by atoms with Crippen LogP contribution in [0.15, 0.2) is 40.2 Å². The third kappa shape index (κ3) is 3.40. The van der Waals surface area contributed by atoms with Crippen LogP contribution in [0, 0.1) is 10.1 Å².